The zero-order valence-electron chi connectivity index (χ0n) is 40.0. The van der Waals surface area contributed by atoms with Crippen LogP contribution in [-0.4, -0.2) is 80.6 Å². The fourth-order valence-electron chi connectivity index (χ4n) is 6.69. The molecule has 0 aliphatic carbocycles. The van der Waals surface area contributed by atoms with Crippen molar-refractivity contribution >= 4 is 17.9 Å². The van der Waals surface area contributed by atoms with Gasteiger partial charge in [0.1, 0.15) is 6.61 Å². The van der Waals surface area contributed by atoms with Crippen molar-refractivity contribution < 1.29 is 38.2 Å². The lowest BCUT2D eigenvalue weighted by molar-refractivity contribution is -0.887. The first kappa shape index (κ1) is 58.2. The standard InChI is InChI=1S/C54H89NO7/c1-6-8-10-12-14-16-18-20-22-24-25-26-27-29-30-32-34-36-38-40-42-44-52(56)61-49-50(48-60-47-46-51(54(58)59)55(3,4)5)62-53(57)45-43-41-39-37-35-33-31-28-23-21-19-17-15-13-11-9-7-2/h8-11,13-17,19,21,23,28,31,33,35,50-51H,6-7,12,18,20,22,24-27,29-30,32,34,36-49H2,1-5H3/p+1/b10-8+,11-9+,15-13+,16-14+,19-17+,23-21+,31-28+,35-33+. The molecule has 0 rings (SSSR count). The molecule has 1 N–H and O–H groups in total. The maximum Gasteiger partial charge on any atom is 0.362 e. The monoisotopic (exact) mass is 865 g/mol. The molecule has 0 aromatic heterocycles. The Morgan fingerprint density at radius 1 is 0.500 bits per heavy atom. The van der Waals surface area contributed by atoms with Gasteiger partial charge in [-0.15, -0.1) is 0 Å². The van der Waals surface area contributed by atoms with Gasteiger partial charge in [-0.25, -0.2) is 4.79 Å². The molecule has 8 heteroatoms. The highest BCUT2D eigenvalue weighted by Crippen LogP contribution is 2.15. The van der Waals surface area contributed by atoms with Gasteiger partial charge in [-0.05, 0) is 57.8 Å². The van der Waals surface area contributed by atoms with Crippen molar-refractivity contribution in [2.75, 3.05) is 41.0 Å². The van der Waals surface area contributed by atoms with E-state index in [9.17, 15) is 19.5 Å². The number of hydrogen-bond donors (Lipinski definition) is 1. The Kier molecular flexibility index (Phi) is 41.2. The number of carboxylic acid groups (broad SMARTS) is 1. The third kappa shape index (κ3) is 41.6. The zero-order chi connectivity index (χ0) is 45.6. The highest BCUT2D eigenvalue weighted by Gasteiger charge is 2.31. The summed E-state index contributed by atoms with van der Waals surface area (Å²) in [6, 6.07) is -0.629. The molecule has 0 bridgehead atoms. The summed E-state index contributed by atoms with van der Waals surface area (Å²) >= 11 is 0. The van der Waals surface area contributed by atoms with Crippen LogP contribution in [0.2, 0.25) is 0 Å². The van der Waals surface area contributed by atoms with Gasteiger partial charge in [0.2, 0.25) is 0 Å². The average Bonchev–Trinajstić information content (AvgIpc) is 3.23. The number of quaternary nitrogens is 1. The molecule has 0 spiro atoms. The molecule has 0 saturated carbocycles. The van der Waals surface area contributed by atoms with Crippen molar-refractivity contribution in [3.05, 3.63) is 97.2 Å². The first-order valence-electron chi connectivity index (χ1n) is 24.4. The molecular weight excluding hydrogens is 775 g/mol. The van der Waals surface area contributed by atoms with Gasteiger partial charge in [-0.3, -0.25) is 9.59 Å². The third-order valence-corrected chi connectivity index (χ3v) is 10.4. The molecule has 0 amide bonds. The summed E-state index contributed by atoms with van der Waals surface area (Å²) in [6.07, 6.45) is 58.9. The molecule has 8 nitrogen and oxygen atoms in total. The highest BCUT2D eigenvalue weighted by atomic mass is 16.6. The lowest BCUT2D eigenvalue weighted by Gasteiger charge is -2.31. The normalized spacial score (nSPS) is 13.8. The molecule has 62 heavy (non-hydrogen) atoms. The number of esters is 2. The van der Waals surface area contributed by atoms with Crippen LogP contribution in [0.3, 0.4) is 0 Å². The summed E-state index contributed by atoms with van der Waals surface area (Å²) in [5, 5.41) is 9.64. The molecule has 0 heterocycles. The van der Waals surface area contributed by atoms with Gasteiger partial charge in [0.15, 0.2) is 12.1 Å². The maximum atomic E-state index is 12.8. The smallest absolute Gasteiger partial charge is 0.362 e. The molecule has 0 aliphatic rings. The van der Waals surface area contributed by atoms with Gasteiger partial charge in [0, 0.05) is 19.3 Å². The highest BCUT2D eigenvalue weighted by molar-refractivity contribution is 5.72. The van der Waals surface area contributed by atoms with Crippen LogP contribution in [0.1, 0.15) is 174 Å². The number of unbranched alkanes of at least 4 members (excludes halogenated alkanes) is 17. The number of likely N-dealkylation sites (N-methyl/N-ethyl adjacent to an activating group) is 1. The largest absolute Gasteiger partial charge is 0.477 e. The van der Waals surface area contributed by atoms with Crippen LogP contribution in [0.25, 0.3) is 0 Å². The Labute approximate surface area is 379 Å². The van der Waals surface area contributed by atoms with E-state index in [1.54, 1.807) is 0 Å². The number of allylic oxidation sites excluding steroid dienone is 16. The minimum atomic E-state index is -0.886. The van der Waals surface area contributed by atoms with Gasteiger partial charge in [0.05, 0.1) is 34.4 Å². The quantitative estimate of drug-likeness (QED) is 0.0214. The van der Waals surface area contributed by atoms with Crippen LogP contribution in [0.4, 0.5) is 0 Å². The summed E-state index contributed by atoms with van der Waals surface area (Å²) in [6.45, 7) is 4.44. The molecule has 0 saturated heterocycles. The Balaban J connectivity index is 4.34. The predicted octanol–water partition coefficient (Wildman–Crippen LogP) is 13.9. The number of ether oxygens (including phenoxy) is 3. The number of nitrogens with zero attached hydrogens (tertiary/aromatic N) is 1. The van der Waals surface area contributed by atoms with E-state index in [1.807, 2.05) is 81.9 Å². The fourth-order valence-corrected chi connectivity index (χ4v) is 6.69. The number of aliphatic carboxylic acids is 1. The van der Waals surface area contributed by atoms with Crippen LogP contribution in [-0.2, 0) is 28.6 Å². The molecule has 2 unspecified atom stereocenters. The first-order chi connectivity index (χ1) is 30.1. The van der Waals surface area contributed by atoms with Gasteiger partial charge < -0.3 is 23.8 Å². The number of rotatable bonds is 42. The molecule has 0 radical (unpaired) electrons. The van der Waals surface area contributed by atoms with E-state index in [4.69, 9.17) is 14.2 Å². The predicted molar refractivity (Wildman–Crippen MR) is 261 cm³/mol. The Bertz CT molecular complexity index is 1330. The van der Waals surface area contributed by atoms with Crippen LogP contribution in [0, 0.1) is 0 Å². The van der Waals surface area contributed by atoms with E-state index in [0.717, 1.165) is 57.8 Å². The summed E-state index contributed by atoms with van der Waals surface area (Å²) in [4.78, 5) is 37.1. The summed E-state index contributed by atoms with van der Waals surface area (Å²) < 4.78 is 17.3. The van der Waals surface area contributed by atoms with E-state index >= 15 is 0 Å². The van der Waals surface area contributed by atoms with E-state index in [2.05, 4.69) is 50.3 Å². The lowest BCUT2D eigenvalue weighted by Crippen LogP contribution is -2.50. The second kappa shape index (κ2) is 43.9. The Morgan fingerprint density at radius 3 is 1.45 bits per heavy atom. The average molecular weight is 865 g/mol. The van der Waals surface area contributed by atoms with Crippen molar-refractivity contribution in [3.8, 4) is 0 Å². The van der Waals surface area contributed by atoms with Crippen molar-refractivity contribution in [1.82, 2.24) is 0 Å². The SMILES string of the molecule is CC/C=C/C=C/C=C/C=C/C=C/C=C/CCCCCC(=O)OC(COCCC(C(=O)O)[N+](C)(C)C)COC(=O)CCCCCCCCCCCCCCCC/C=C/C/C=C/CC. The second-order valence-electron chi connectivity index (χ2n) is 17.1. The van der Waals surface area contributed by atoms with Crippen molar-refractivity contribution in [1.29, 1.82) is 0 Å². The number of carbonyl (C=O) groups excluding carboxylic acids is 2. The molecule has 0 aliphatic heterocycles. The zero-order valence-corrected chi connectivity index (χ0v) is 40.0. The van der Waals surface area contributed by atoms with E-state index in [0.29, 0.717) is 19.3 Å². The number of hydrogen-bond acceptors (Lipinski definition) is 6. The van der Waals surface area contributed by atoms with Gasteiger partial charge in [-0.1, -0.05) is 195 Å². The van der Waals surface area contributed by atoms with Crippen LogP contribution >= 0.6 is 0 Å². The topological polar surface area (TPSA) is 99.1 Å². The van der Waals surface area contributed by atoms with Crippen LogP contribution < -0.4 is 0 Å². The van der Waals surface area contributed by atoms with Crippen molar-refractivity contribution in [3.63, 3.8) is 0 Å². The molecule has 2 atom stereocenters. The number of carbonyl (C=O) groups is 3. The molecule has 0 fully saturated rings. The second-order valence-corrected chi connectivity index (χ2v) is 17.1. The van der Waals surface area contributed by atoms with Gasteiger partial charge in [0.25, 0.3) is 0 Å². The Hall–Kier alpha value is -3.75. The number of carboxylic acids is 1. The van der Waals surface area contributed by atoms with Gasteiger partial charge >= 0.3 is 17.9 Å². The fraction of sp³-hybridized carbons (Fsp3) is 0.648. The summed E-state index contributed by atoms with van der Waals surface area (Å²) in [7, 11) is 5.51. The minimum Gasteiger partial charge on any atom is -0.477 e. The molecule has 0 aromatic carbocycles. The molecular formula is C54H90NO7+. The van der Waals surface area contributed by atoms with Gasteiger partial charge in [-0.2, -0.15) is 0 Å². The third-order valence-electron chi connectivity index (χ3n) is 10.4. The van der Waals surface area contributed by atoms with Crippen molar-refractivity contribution in [2.24, 2.45) is 0 Å². The van der Waals surface area contributed by atoms with E-state index < -0.39 is 18.1 Å². The summed E-state index contributed by atoms with van der Waals surface area (Å²) in [5.74, 6) is -1.53. The van der Waals surface area contributed by atoms with E-state index in [1.165, 1.54) is 77.0 Å². The molecule has 0 aromatic rings. The molecule has 352 valence electrons. The van der Waals surface area contributed by atoms with Crippen LogP contribution in [0.5, 0.6) is 0 Å². The minimum absolute atomic E-state index is 0.0375. The first-order valence-corrected chi connectivity index (χ1v) is 24.4. The van der Waals surface area contributed by atoms with Crippen molar-refractivity contribution in [2.45, 2.75) is 187 Å². The van der Waals surface area contributed by atoms with Crippen LogP contribution in [0.15, 0.2) is 97.2 Å². The Morgan fingerprint density at radius 2 is 0.935 bits per heavy atom. The lowest BCUT2D eigenvalue weighted by atomic mass is 10.0. The van der Waals surface area contributed by atoms with E-state index in [-0.39, 0.29) is 42.7 Å². The summed E-state index contributed by atoms with van der Waals surface area (Å²) in [5.41, 5.74) is 0. The maximum absolute atomic E-state index is 12.8.